The van der Waals surface area contributed by atoms with Gasteiger partial charge >= 0.3 is 5.97 Å². The molecule has 0 aliphatic carbocycles. The van der Waals surface area contributed by atoms with Crippen LogP contribution in [0.25, 0.3) is 0 Å². The van der Waals surface area contributed by atoms with Crippen LogP contribution in [0.4, 0.5) is 14.5 Å². The molecule has 3 rings (SSSR count). The summed E-state index contributed by atoms with van der Waals surface area (Å²) >= 11 is 0.144. The summed E-state index contributed by atoms with van der Waals surface area (Å²) in [7, 11) is 0. The number of esters is 1. The maximum atomic E-state index is 12.7. The van der Waals surface area contributed by atoms with Crippen molar-refractivity contribution < 1.29 is 27.9 Å². The van der Waals surface area contributed by atoms with Crippen molar-refractivity contribution in [1.29, 1.82) is 0 Å². The maximum Gasteiger partial charge on any atom is 0.341 e. The number of alkyl halides is 2. The molecule has 0 unspecified atom stereocenters. The van der Waals surface area contributed by atoms with Gasteiger partial charge in [-0.15, -0.1) is 0 Å². The second-order valence-electron chi connectivity index (χ2n) is 7.78. The number of anilines is 1. The number of hydrogen-bond donors (Lipinski definition) is 1. The summed E-state index contributed by atoms with van der Waals surface area (Å²) in [6.07, 6.45) is 1.30. The number of carbonyl (C=O) groups is 3. The number of rotatable bonds is 8. The Kier molecular flexibility index (Phi) is 8.94. The smallest absolute Gasteiger partial charge is 0.341 e. The highest BCUT2D eigenvalue weighted by atomic mass is 32.2. The summed E-state index contributed by atoms with van der Waals surface area (Å²) in [5.41, 5.74) is 2.68. The molecule has 0 spiro atoms. The molecule has 1 aromatic heterocycles. The molecule has 0 bridgehead atoms. The monoisotopic (exact) mass is 492 g/mol. The number of para-hydroxylation sites is 1. The van der Waals surface area contributed by atoms with Crippen molar-refractivity contribution in [1.82, 2.24) is 14.8 Å². The molecular formula is C23H26F2N4O4S. The third-order valence-corrected chi connectivity index (χ3v) is 6.08. The van der Waals surface area contributed by atoms with Crippen molar-refractivity contribution >= 4 is 35.2 Å². The Balaban J connectivity index is 1.44. The van der Waals surface area contributed by atoms with Crippen LogP contribution >= 0.6 is 11.8 Å². The number of benzene rings is 1. The number of halogens is 2. The van der Waals surface area contributed by atoms with Crippen LogP contribution in [-0.4, -0.2) is 77.7 Å². The van der Waals surface area contributed by atoms with Crippen LogP contribution in [0.1, 0.15) is 21.5 Å². The van der Waals surface area contributed by atoms with Crippen molar-refractivity contribution in [2.45, 2.75) is 24.6 Å². The first-order valence-corrected chi connectivity index (χ1v) is 11.6. The number of nitrogens with one attached hydrogen (secondary N) is 1. The zero-order valence-electron chi connectivity index (χ0n) is 18.9. The topological polar surface area (TPSA) is 91.8 Å². The molecule has 0 radical (unpaired) electrons. The van der Waals surface area contributed by atoms with E-state index in [1.54, 1.807) is 4.90 Å². The minimum atomic E-state index is -2.73. The van der Waals surface area contributed by atoms with Gasteiger partial charge in [-0.05, 0) is 48.9 Å². The molecular weight excluding hydrogens is 466 g/mol. The molecule has 1 aliphatic rings. The van der Waals surface area contributed by atoms with Gasteiger partial charge in [0.2, 0.25) is 5.91 Å². The normalized spacial score (nSPS) is 14.2. The average molecular weight is 493 g/mol. The first kappa shape index (κ1) is 25.6. The lowest BCUT2D eigenvalue weighted by Crippen LogP contribution is -2.51. The van der Waals surface area contributed by atoms with Gasteiger partial charge in [0.05, 0.1) is 12.1 Å². The van der Waals surface area contributed by atoms with Crippen molar-refractivity contribution in [3.63, 3.8) is 0 Å². The second-order valence-corrected chi connectivity index (χ2v) is 8.76. The summed E-state index contributed by atoms with van der Waals surface area (Å²) in [6, 6.07) is 8.57. The minimum Gasteiger partial charge on any atom is -0.452 e. The maximum absolute atomic E-state index is 12.7. The molecule has 1 aromatic carbocycles. The van der Waals surface area contributed by atoms with E-state index in [1.807, 2.05) is 36.9 Å². The zero-order chi connectivity index (χ0) is 24.7. The highest BCUT2D eigenvalue weighted by Crippen LogP contribution is 2.26. The molecule has 0 atom stereocenters. The number of thioether (sulfide) groups is 1. The van der Waals surface area contributed by atoms with E-state index in [9.17, 15) is 23.2 Å². The van der Waals surface area contributed by atoms with Gasteiger partial charge in [-0.25, -0.2) is 9.78 Å². The fraction of sp³-hybridized carbons (Fsp3) is 0.391. The summed E-state index contributed by atoms with van der Waals surface area (Å²) in [5, 5.41) is 2.80. The number of amides is 2. The van der Waals surface area contributed by atoms with Crippen LogP contribution in [-0.2, 0) is 14.3 Å². The minimum absolute atomic E-state index is 0.111. The number of piperazine rings is 1. The Bertz CT molecular complexity index is 1030. The summed E-state index contributed by atoms with van der Waals surface area (Å²) in [5.74, 6) is -4.13. The van der Waals surface area contributed by atoms with Crippen molar-refractivity contribution in [2.75, 3.05) is 44.6 Å². The molecule has 2 aromatic rings. The van der Waals surface area contributed by atoms with E-state index >= 15 is 0 Å². The summed E-state index contributed by atoms with van der Waals surface area (Å²) < 4.78 is 30.4. The second kappa shape index (κ2) is 11.9. The molecule has 1 aliphatic heterocycles. The van der Waals surface area contributed by atoms with Gasteiger partial charge < -0.3 is 15.0 Å². The Morgan fingerprint density at radius 3 is 2.41 bits per heavy atom. The molecule has 0 saturated carbocycles. The summed E-state index contributed by atoms with van der Waals surface area (Å²) in [6.45, 7) is 5.34. The quantitative estimate of drug-likeness (QED) is 0.448. The lowest BCUT2D eigenvalue weighted by atomic mass is 10.1. The van der Waals surface area contributed by atoms with E-state index in [0.29, 0.717) is 26.2 Å². The average Bonchev–Trinajstić information content (AvgIpc) is 2.80. The number of aromatic nitrogens is 1. The van der Waals surface area contributed by atoms with E-state index in [0.717, 1.165) is 16.8 Å². The number of aryl methyl sites for hydroxylation is 2. The first-order valence-electron chi connectivity index (χ1n) is 10.7. The van der Waals surface area contributed by atoms with Crippen molar-refractivity contribution in [3.05, 3.63) is 53.2 Å². The van der Waals surface area contributed by atoms with Crippen LogP contribution < -0.4 is 5.32 Å². The molecule has 34 heavy (non-hydrogen) atoms. The molecule has 182 valence electrons. The van der Waals surface area contributed by atoms with E-state index in [-0.39, 0.29) is 40.7 Å². The molecule has 1 fully saturated rings. The third kappa shape index (κ3) is 6.97. The largest absolute Gasteiger partial charge is 0.452 e. The highest BCUT2D eigenvalue weighted by Gasteiger charge is 2.24. The molecule has 2 heterocycles. The lowest BCUT2D eigenvalue weighted by Gasteiger charge is -2.34. The van der Waals surface area contributed by atoms with Gasteiger partial charge in [0.15, 0.2) is 6.61 Å². The van der Waals surface area contributed by atoms with Crippen LogP contribution in [0.15, 0.2) is 41.6 Å². The number of pyridine rings is 1. The Hall–Kier alpha value is -3.05. The zero-order valence-corrected chi connectivity index (χ0v) is 19.7. The number of nitrogens with zero attached hydrogens (tertiary/aromatic N) is 3. The molecule has 1 N–H and O–H groups in total. The Labute approximate surface area is 200 Å². The third-order valence-electron chi connectivity index (χ3n) is 5.36. The Morgan fingerprint density at radius 2 is 1.76 bits per heavy atom. The standard InChI is InChI=1S/C23H26F2N4O4S/c1-15-5-3-6-16(2)20(15)27-18(30)13-28-9-11-29(12-10-28)19(31)14-33-22(32)17-7-4-8-26-21(17)34-23(24)25/h3-8,23H,9-14H2,1-2H3,(H,27,30). The van der Waals surface area contributed by atoms with E-state index in [1.165, 1.54) is 18.3 Å². The molecule has 8 nitrogen and oxygen atoms in total. The van der Waals surface area contributed by atoms with E-state index < -0.39 is 18.3 Å². The summed E-state index contributed by atoms with van der Waals surface area (Å²) in [4.78, 5) is 44.4. The van der Waals surface area contributed by atoms with E-state index in [4.69, 9.17) is 4.74 Å². The molecule has 11 heteroatoms. The predicted octanol–water partition coefficient (Wildman–Crippen LogP) is 2.95. The van der Waals surface area contributed by atoms with Crippen LogP contribution in [0, 0.1) is 13.8 Å². The van der Waals surface area contributed by atoms with Gasteiger partial charge in [-0.3, -0.25) is 14.5 Å². The van der Waals surface area contributed by atoms with Crippen LogP contribution in [0.3, 0.4) is 0 Å². The number of carbonyl (C=O) groups excluding carboxylic acids is 3. The molecule has 2 amide bonds. The number of ether oxygens (including phenoxy) is 1. The van der Waals surface area contributed by atoms with Gasteiger partial charge in [0.1, 0.15) is 5.03 Å². The van der Waals surface area contributed by atoms with Gasteiger partial charge in [-0.2, -0.15) is 8.78 Å². The predicted molar refractivity (Wildman–Crippen MR) is 124 cm³/mol. The number of hydrogen-bond acceptors (Lipinski definition) is 7. The van der Waals surface area contributed by atoms with Gasteiger partial charge in [0.25, 0.3) is 11.7 Å². The molecule has 1 saturated heterocycles. The van der Waals surface area contributed by atoms with Crippen LogP contribution in [0.2, 0.25) is 0 Å². The Morgan fingerprint density at radius 1 is 1.09 bits per heavy atom. The van der Waals surface area contributed by atoms with Crippen LogP contribution in [0.5, 0.6) is 0 Å². The van der Waals surface area contributed by atoms with Crippen molar-refractivity contribution in [3.8, 4) is 0 Å². The first-order chi connectivity index (χ1) is 16.2. The SMILES string of the molecule is Cc1cccc(C)c1NC(=O)CN1CCN(C(=O)COC(=O)c2cccnc2SC(F)F)CC1. The fourth-order valence-corrected chi connectivity index (χ4v) is 4.14. The van der Waals surface area contributed by atoms with Gasteiger partial charge in [0, 0.05) is 38.1 Å². The highest BCUT2D eigenvalue weighted by molar-refractivity contribution is 7.99. The van der Waals surface area contributed by atoms with E-state index in [2.05, 4.69) is 10.3 Å². The fourth-order valence-electron chi connectivity index (χ4n) is 3.57. The van der Waals surface area contributed by atoms with Gasteiger partial charge in [-0.1, -0.05) is 18.2 Å². The lowest BCUT2D eigenvalue weighted by molar-refractivity contribution is -0.136. The van der Waals surface area contributed by atoms with Crippen molar-refractivity contribution in [2.24, 2.45) is 0 Å².